The molecule has 6 nitrogen and oxygen atoms in total. The number of amides is 3. The molecule has 2 aliphatic heterocycles. The lowest BCUT2D eigenvalue weighted by molar-refractivity contribution is -0.153. The van der Waals surface area contributed by atoms with Crippen LogP contribution in [0.4, 0.5) is 0 Å². The minimum Gasteiger partial charge on any atom is -0.341 e. The molecular weight excluding hydrogens is 366 g/mol. The van der Waals surface area contributed by atoms with Gasteiger partial charge in [-0.15, -0.1) is 0 Å². The molecule has 3 unspecified atom stereocenters. The van der Waals surface area contributed by atoms with Crippen molar-refractivity contribution >= 4 is 17.7 Å². The largest absolute Gasteiger partial charge is 0.341 e. The maximum atomic E-state index is 13.5. The van der Waals surface area contributed by atoms with E-state index in [1.165, 1.54) is 4.90 Å². The van der Waals surface area contributed by atoms with E-state index in [1.807, 2.05) is 37.9 Å². The van der Waals surface area contributed by atoms with Gasteiger partial charge in [0.1, 0.15) is 6.04 Å². The van der Waals surface area contributed by atoms with Crippen molar-refractivity contribution < 1.29 is 14.4 Å². The van der Waals surface area contributed by atoms with Gasteiger partial charge >= 0.3 is 0 Å². The monoisotopic (exact) mass is 403 g/mol. The number of carbonyl (C=O) groups excluding carboxylic acids is 3. The van der Waals surface area contributed by atoms with E-state index in [1.54, 1.807) is 0 Å². The number of hydrogen-bond donors (Lipinski definition) is 0. The molecule has 3 rings (SSSR count). The van der Waals surface area contributed by atoms with Crippen molar-refractivity contribution in [3.05, 3.63) is 12.2 Å². The summed E-state index contributed by atoms with van der Waals surface area (Å²) in [6.45, 7) is 10.4. The van der Waals surface area contributed by atoms with Gasteiger partial charge in [-0.05, 0) is 51.9 Å². The predicted molar refractivity (Wildman–Crippen MR) is 113 cm³/mol. The Kier molecular flexibility index (Phi) is 6.82. The first kappa shape index (κ1) is 22.0. The molecule has 0 N–H and O–H groups in total. The van der Waals surface area contributed by atoms with Crippen molar-refractivity contribution in [1.29, 1.82) is 0 Å². The fourth-order valence-corrected chi connectivity index (χ4v) is 5.10. The molecule has 3 atom stereocenters. The maximum Gasteiger partial charge on any atom is 0.245 e. The average Bonchev–Trinajstić information content (AvgIpc) is 2.96. The van der Waals surface area contributed by atoms with Crippen LogP contribution in [-0.4, -0.2) is 70.7 Å². The van der Waals surface area contributed by atoms with Crippen LogP contribution >= 0.6 is 0 Å². The quantitative estimate of drug-likeness (QED) is 0.505. The number of rotatable bonds is 6. The summed E-state index contributed by atoms with van der Waals surface area (Å²) < 4.78 is 0. The topological polar surface area (TPSA) is 60.9 Å². The lowest BCUT2D eigenvalue weighted by Gasteiger charge is -2.40. The summed E-state index contributed by atoms with van der Waals surface area (Å²) in [4.78, 5) is 45.3. The second-order valence-electron chi connectivity index (χ2n) is 9.66. The van der Waals surface area contributed by atoms with Gasteiger partial charge in [-0.1, -0.05) is 26.0 Å². The number of fused-ring (bicyclic) bond motifs is 1. The van der Waals surface area contributed by atoms with Crippen LogP contribution in [-0.2, 0) is 14.4 Å². The van der Waals surface area contributed by atoms with Crippen LogP contribution in [0.3, 0.4) is 0 Å². The lowest BCUT2D eigenvalue weighted by Crippen LogP contribution is -2.55. The zero-order valence-electron chi connectivity index (χ0n) is 18.6. The van der Waals surface area contributed by atoms with E-state index in [2.05, 4.69) is 18.7 Å². The third kappa shape index (κ3) is 4.42. The van der Waals surface area contributed by atoms with Crippen LogP contribution in [0.5, 0.6) is 0 Å². The molecule has 0 aromatic carbocycles. The predicted octanol–water partition coefficient (Wildman–Crippen LogP) is 2.68. The van der Waals surface area contributed by atoms with Gasteiger partial charge in [0.15, 0.2) is 0 Å². The number of allylic oxidation sites excluding steroid dienone is 2. The molecule has 0 radical (unpaired) electrons. The van der Waals surface area contributed by atoms with Gasteiger partial charge in [-0.25, -0.2) is 0 Å². The first-order chi connectivity index (χ1) is 13.7. The molecule has 0 saturated carbocycles. The summed E-state index contributed by atoms with van der Waals surface area (Å²) in [6, 6.07) is 0.0140. The average molecular weight is 404 g/mol. The molecule has 2 fully saturated rings. The summed E-state index contributed by atoms with van der Waals surface area (Å²) in [5.74, 6) is -0.710. The summed E-state index contributed by atoms with van der Waals surface area (Å²) >= 11 is 0. The number of hydrogen-bond acceptors (Lipinski definition) is 4. The van der Waals surface area contributed by atoms with Gasteiger partial charge in [-0.3, -0.25) is 19.3 Å². The minimum atomic E-state index is -0.672. The molecule has 6 heteroatoms. The van der Waals surface area contributed by atoms with E-state index >= 15 is 0 Å². The van der Waals surface area contributed by atoms with Crippen molar-refractivity contribution in [3.63, 3.8) is 0 Å². The van der Waals surface area contributed by atoms with Crippen molar-refractivity contribution in [2.75, 3.05) is 20.1 Å². The van der Waals surface area contributed by atoms with Gasteiger partial charge in [-0.2, -0.15) is 0 Å². The van der Waals surface area contributed by atoms with Crippen molar-refractivity contribution in [3.8, 4) is 0 Å². The van der Waals surface area contributed by atoms with Crippen LogP contribution in [0.15, 0.2) is 12.2 Å². The van der Waals surface area contributed by atoms with Crippen molar-refractivity contribution in [2.45, 2.75) is 77.9 Å². The second kappa shape index (κ2) is 8.99. The molecule has 162 valence electrons. The zero-order chi connectivity index (χ0) is 21.3. The van der Waals surface area contributed by atoms with Crippen LogP contribution in [0.2, 0.25) is 0 Å². The number of likely N-dealkylation sites (tertiary alicyclic amines) is 2. The Morgan fingerprint density at radius 1 is 1.03 bits per heavy atom. The number of piperidine rings is 1. The van der Waals surface area contributed by atoms with E-state index in [0.717, 1.165) is 25.9 Å². The highest BCUT2D eigenvalue weighted by Gasteiger charge is 2.51. The maximum absolute atomic E-state index is 13.5. The third-order valence-corrected chi connectivity index (χ3v) is 6.96. The normalized spacial score (nSPS) is 27.1. The molecule has 0 spiro atoms. The summed E-state index contributed by atoms with van der Waals surface area (Å²) in [5, 5.41) is 0. The van der Waals surface area contributed by atoms with E-state index in [0.29, 0.717) is 25.3 Å². The fourth-order valence-electron chi connectivity index (χ4n) is 5.10. The molecular formula is C23H37N3O3. The Hall–Kier alpha value is -1.69. The summed E-state index contributed by atoms with van der Waals surface area (Å²) in [6.07, 6.45) is 7.60. The van der Waals surface area contributed by atoms with E-state index in [-0.39, 0.29) is 41.5 Å². The van der Waals surface area contributed by atoms with Gasteiger partial charge < -0.3 is 9.80 Å². The molecule has 3 aliphatic rings. The molecule has 0 aromatic rings. The molecule has 1 aliphatic carbocycles. The van der Waals surface area contributed by atoms with E-state index in [9.17, 15) is 14.4 Å². The van der Waals surface area contributed by atoms with Gasteiger partial charge in [0.25, 0.3) is 0 Å². The van der Waals surface area contributed by atoms with Crippen LogP contribution in [0.1, 0.15) is 59.8 Å². The highest BCUT2D eigenvalue weighted by molar-refractivity contribution is 6.08. The standard InChI is InChI=1S/C23H37N3O3/c1-15(2)14-20(26-21(27)18-8-6-7-9-19(18)22(26)28)23(29)24(5)17-10-12-25(13-11-17)16(3)4/h6-7,15-20H,8-14H2,1-5H3. The van der Waals surface area contributed by atoms with Gasteiger partial charge in [0.05, 0.1) is 11.8 Å². The SMILES string of the molecule is CC(C)CC(C(=O)N(C)C1CCN(C(C)C)CC1)N1C(=O)C2CC=CCC2C1=O. The molecule has 2 heterocycles. The van der Waals surface area contributed by atoms with Crippen LogP contribution in [0, 0.1) is 17.8 Å². The van der Waals surface area contributed by atoms with Crippen molar-refractivity contribution in [2.24, 2.45) is 17.8 Å². The van der Waals surface area contributed by atoms with E-state index in [4.69, 9.17) is 0 Å². The fraction of sp³-hybridized carbons (Fsp3) is 0.783. The first-order valence-electron chi connectivity index (χ1n) is 11.2. The Bertz CT molecular complexity index is 638. The number of nitrogens with zero attached hydrogens (tertiary/aromatic N) is 3. The lowest BCUT2D eigenvalue weighted by atomic mass is 9.85. The van der Waals surface area contributed by atoms with E-state index < -0.39 is 6.04 Å². The molecule has 0 bridgehead atoms. The number of imide groups is 1. The molecule has 2 saturated heterocycles. The molecule has 0 aromatic heterocycles. The Labute approximate surface area is 175 Å². The highest BCUT2D eigenvalue weighted by atomic mass is 16.2. The second-order valence-corrected chi connectivity index (χ2v) is 9.66. The first-order valence-corrected chi connectivity index (χ1v) is 11.2. The van der Waals surface area contributed by atoms with Crippen LogP contribution < -0.4 is 0 Å². The third-order valence-electron chi connectivity index (χ3n) is 6.96. The summed E-state index contributed by atoms with van der Waals surface area (Å²) in [5.41, 5.74) is 0. The highest BCUT2D eigenvalue weighted by Crippen LogP contribution is 2.37. The zero-order valence-corrected chi connectivity index (χ0v) is 18.6. The molecule has 3 amide bonds. The molecule has 29 heavy (non-hydrogen) atoms. The number of carbonyl (C=O) groups is 3. The Morgan fingerprint density at radius 2 is 1.55 bits per heavy atom. The Morgan fingerprint density at radius 3 is 2.00 bits per heavy atom. The van der Waals surface area contributed by atoms with Gasteiger partial charge in [0.2, 0.25) is 17.7 Å². The number of likely N-dealkylation sites (N-methyl/N-ethyl adjacent to an activating group) is 1. The Balaban J connectivity index is 1.75. The van der Waals surface area contributed by atoms with Gasteiger partial charge in [0, 0.05) is 32.2 Å². The minimum absolute atomic E-state index is 0.0741. The van der Waals surface area contributed by atoms with Crippen molar-refractivity contribution in [1.82, 2.24) is 14.7 Å². The van der Waals surface area contributed by atoms with Crippen LogP contribution in [0.25, 0.3) is 0 Å². The summed E-state index contributed by atoms with van der Waals surface area (Å²) in [7, 11) is 1.85. The smallest absolute Gasteiger partial charge is 0.245 e.